The van der Waals surface area contributed by atoms with E-state index in [2.05, 4.69) is 10.2 Å². The Labute approximate surface area is 155 Å². The molecule has 25 heavy (non-hydrogen) atoms. The summed E-state index contributed by atoms with van der Waals surface area (Å²) in [5.74, 6) is 0.491. The Morgan fingerprint density at radius 3 is 2.52 bits per heavy atom. The number of benzene rings is 2. The Kier molecular flexibility index (Phi) is 5.10. The molecule has 0 fully saturated rings. The summed E-state index contributed by atoms with van der Waals surface area (Å²) in [6.45, 7) is -0.0923. The van der Waals surface area contributed by atoms with Gasteiger partial charge in [-0.3, -0.25) is 0 Å². The third-order valence-electron chi connectivity index (χ3n) is 3.43. The van der Waals surface area contributed by atoms with E-state index in [0.29, 0.717) is 5.89 Å². The van der Waals surface area contributed by atoms with Crippen LogP contribution in [0.25, 0.3) is 11.5 Å². The van der Waals surface area contributed by atoms with E-state index in [1.54, 1.807) is 0 Å². The molecule has 0 unspecified atom stereocenters. The predicted molar refractivity (Wildman–Crippen MR) is 94.8 cm³/mol. The fourth-order valence-corrected chi connectivity index (χ4v) is 3.99. The van der Waals surface area contributed by atoms with Crippen LogP contribution in [0, 0.1) is 0 Å². The maximum atomic E-state index is 12.7. The van der Waals surface area contributed by atoms with Gasteiger partial charge < -0.3 is 4.42 Å². The molecular formula is C16H13Cl2N3O3S. The summed E-state index contributed by atoms with van der Waals surface area (Å²) < 4.78 is 32.0. The van der Waals surface area contributed by atoms with E-state index in [9.17, 15) is 8.42 Å². The van der Waals surface area contributed by atoms with Crippen LogP contribution in [0.1, 0.15) is 5.89 Å². The summed E-state index contributed by atoms with van der Waals surface area (Å²) in [6.07, 6.45) is 0. The SMILES string of the molecule is CN(Cc1nnc(-c2ccccc2)o1)S(=O)(=O)c1cc(Cl)ccc1Cl. The summed E-state index contributed by atoms with van der Waals surface area (Å²) >= 11 is 11.9. The van der Waals surface area contributed by atoms with Crippen molar-refractivity contribution in [3.05, 3.63) is 64.5 Å². The van der Waals surface area contributed by atoms with Crippen molar-refractivity contribution < 1.29 is 12.8 Å². The molecule has 0 aliphatic carbocycles. The van der Waals surface area contributed by atoms with Crippen LogP contribution in [0.4, 0.5) is 0 Å². The van der Waals surface area contributed by atoms with Crippen LogP contribution >= 0.6 is 23.2 Å². The van der Waals surface area contributed by atoms with Crippen LogP contribution in [-0.4, -0.2) is 30.0 Å². The third-order valence-corrected chi connectivity index (χ3v) is 5.95. The molecule has 0 atom stereocenters. The summed E-state index contributed by atoms with van der Waals surface area (Å²) in [4.78, 5) is -0.0769. The molecule has 0 N–H and O–H groups in total. The summed E-state index contributed by atoms with van der Waals surface area (Å²) in [5, 5.41) is 8.21. The van der Waals surface area contributed by atoms with Gasteiger partial charge in [0.1, 0.15) is 4.90 Å². The van der Waals surface area contributed by atoms with Crippen LogP contribution < -0.4 is 0 Å². The van der Waals surface area contributed by atoms with Gasteiger partial charge in [-0.05, 0) is 30.3 Å². The molecule has 0 amide bonds. The van der Waals surface area contributed by atoms with Gasteiger partial charge in [0.2, 0.25) is 21.8 Å². The van der Waals surface area contributed by atoms with Crippen LogP contribution in [-0.2, 0) is 16.6 Å². The molecule has 1 heterocycles. The normalized spacial score (nSPS) is 11.8. The molecule has 6 nitrogen and oxygen atoms in total. The fourth-order valence-electron chi connectivity index (χ4n) is 2.13. The van der Waals surface area contributed by atoms with Crippen molar-refractivity contribution in [2.45, 2.75) is 11.4 Å². The molecule has 0 spiro atoms. The zero-order valence-electron chi connectivity index (χ0n) is 13.1. The van der Waals surface area contributed by atoms with Gasteiger partial charge >= 0.3 is 0 Å². The molecule has 0 aliphatic rings. The Morgan fingerprint density at radius 1 is 1.08 bits per heavy atom. The first kappa shape index (κ1) is 17.9. The van der Waals surface area contributed by atoms with Crippen molar-refractivity contribution in [1.29, 1.82) is 0 Å². The predicted octanol–water partition coefficient (Wildman–Crippen LogP) is 3.86. The molecule has 3 aromatic rings. The van der Waals surface area contributed by atoms with Gasteiger partial charge in [-0.2, -0.15) is 4.31 Å². The molecule has 0 saturated heterocycles. The van der Waals surface area contributed by atoms with Gasteiger partial charge in [-0.15, -0.1) is 10.2 Å². The molecule has 9 heteroatoms. The number of hydrogen-bond acceptors (Lipinski definition) is 5. The highest BCUT2D eigenvalue weighted by molar-refractivity contribution is 7.89. The van der Waals surface area contributed by atoms with E-state index in [-0.39, 0.29) is 27.4 Å². The van der Waals surface area contributed by atoms with Gasteiger partial charge in [0, 0.05) is 17.6 Å². The largest absolute Gasteiger partial charge is 0.419 e. The fraction of sp³-hybridized carbons (Fsp3) is 0.125. The zero-order chi connectivity index (χ0) is 18.0. The monoisotopic (exact) mass is 397 g/mol. The summed E-state index contributed by atoms with van der Waals surface area (Å²) in [6, 6.07) is 13.5. The lowest BCUT2D eigenvalue weighted by atomic mass is 10.2. The lowest BCUT2D eigenvalue weighted by Gasteiger charge is -2.16. The molecule has 3 rings (SSSR count). The number of hydrogen-bond donors (Lipinski definition) is 0. The van der Waals surface area contributed by atoms with Crippen molar-refractivity contribution in [1.82, 2.24) is 14.5 Å². The molecule has 2 aromatic carbocycles. The minimum Gasteiger partial charge on any atom is -0.419 e. The van der Waals surface area contributed by atoms with Crippen molar-refractivity contribution in [2.24, 2.45) is 0 Å². The lowest BCUT2D eigenvalue weighted by Crippen LogP contribution is -2.27. The Bertz CT molecular complexity index is 991. The number of aromatic nitrogens is 2. The first-order valence-corrected chi connectivity index (χ1v) is 9.37. The van der Waals surface area contributed by atoms with E-state index in [4.69, 9.17) is 27.6 Å². The summed E-state index contributed by atoms with van der Waals surface area (Å²) in [7, 11) is -2.45. The van der Waals surface area contributed by atoms with Crippen molar-refractivity contribution in [2.75, 3.05) is 7.05 Å². The minimum atomic E-state index is -3.86. The van der Waals surface area contributed by atoms with Gasteiger partial charge in [-0.1, -0.05) is 41.4 Å². The number of rotatable bonds is 5. The molecule has 0 bridgehead atoms. The van der Waals surface area contributed by atoms with Gasteiger partial charge in [0.15, 0.2) is 0 Å². The Morgan fingerprint density at radius 2 is 1.80 bits per heavy atom. The average Bonchev–Trinajstić information content (AvgIpc) is 3.06. The topological polar surface area (TPSA) is 76.3 Å². The minimum absolute atomic E-state index is 0.0769. The highest BCUT2D eigenvalue weighted by Gasteiger charge is 2.25. The number of halogens is 2. The zero-order valence-corrected chi connectivity index (χ0v) is 15.4. The van der Waals surface area contributed by atoms with E-state index in [0.717, 1.165) is 9.87 Å². The van der Waals surface area contributed by atoms with Gasteiger partial charge in [0.05, 0.1) is 11.6 Å². The maximum absolute atomic E-state index is 12.7. The molecule has 1 aromatic heterocycles. The van der Waals surface area contributed by atoms with E-state index >= 15 is 0 Å². The molecule has 0 radical (unpaired) electrons. The van der Waals surface area contributed by atoms with Crippen molar-refractivity contribution in [3.8, 4) is 11.5 Å². The average molecular weight is 398 g/mol. The van der Waals surface area contributed by atoms with E-state index < -0.39 is 10.0 Å². The lowest BCUT2D eigenvalue weighted by molar-refractivity contribution is 0.400. The van der Waals surface area contributed by atoms with Crippen LogP contribution in [0.3, 0.4) is 0 Å². The Hall–Kier alpha value is -1.93. The second-order valence-corrected chi connectivity index (χ2v) is 8.06. The number of sulfonamides is 1. The van der Waals surface area contributed by atoms with Crippen molar-refractivity contribution >= 4 is 33.2 Å². The second-order valence-electron chi connectivity index (χ2n) is 5.20. The first-order chi connectivity index (χ1) is 11.9. The standard InChI is InChI=1S/C16H13Cl2N3O3S/c1-21(25(22,23)14-9-12(17)7-8-13(14)18)10-15-19-20-16(24-15)11-5-3-2-4-6-11/h2-9H,10H2,1H3. The van der Waals surface area contributed by atoms with E-state index in [1.165, 1.54) is 25.2 Å². The first-order valence-electron chi connectivity index (χ1n) is 7.17. The highest BCUT2D eigenvalue weighted by Crippen LogP contribution is 2.28. The molecule has 0 saturated carbocycles. The van der Waals surface area contributed by atoms with Crippen LogP contribution in [0.5, 0.6) is 0 Å². The van der Waals surface area contributed by atoms with Crippen molar-refractivity contribution in [3.63, 3.8) is 0 Å². The van der Waals surface area contributed by atoms with Crippen LogP contribution in [0.2, 0.25) is 10.0 Å². The summed E-state index contributed by atoms with van der Waals surface area (Å²) in [5.41, 5.74) is 0.754. The van der Waals surface area contributed by atoms with Gasteiger partial charge in [0.25, 0.3) is 0 Å². The highest BCUT2D eigenvalue weighted by atomic mass is 35.5. The van der Waals surface area contributed by atoms with Gasteiger partial charge in [-0.25, -0.2) is 8.42 Å². The van der Waals surface area contributed by atoms with Crippen LogP contribution in [0.15, 0.2) is 57.8 Å². The molecular weight excluding hydrogens is 385 g/mol. The molecule has 130 valence electrons. The number of nitrogens with zero attached hydrogens (tertiary/aromatic N) is 3. The smallest absolute Gasteiger partial charge is 0.247 e. The molecule has 0 aliphatic heterocycles. The Balaban J connectivity index is 1.83. The van der Waals surface area contributed by atoms with E-state index in [1.807, 2.05) is 30.3 Å². The third kappa shape index (κ3) is 3.85. The second kappa shape index (κ2) is 7.13. The maximum Gasteiger partial charge on any atom is 0.247 e. The quantitative estimate of drug-likeness (QED) is 0.652.